The fraction of sp³-hybridized carbons (Fsp3) is 0. The van der Waals surface area contributed by atoms with E-state index in [9.17, 15) is 23.9 Å². The van der Waals surface area contributed by atoms with Gasteiger partial charge in [0, 0.05) is 5.56 Å². The first kappa shape index (κ1) is 12.6. The minimum Gasteiger partial charge on any atom is -0.492 e. The minimum atomic E-state index is -1.50. The van der Waals surface area contributed by atoms with E-state index in [1.165, 1.54) is 24.3 Å². The van der Waals surface area contributed by atoms with Crippen molar-refractivity contribution >= 4 is 5.91 Å². The first-order valence-electron chi connectivity index (χ1n) is 5.06. The molecule has 1 aromatic carbocycles. The molecule has 0 fully saturated rings. The monoisotopic (exact) mass is 265 g/mol. The molecule has 0 unspecified atom stereocenters. The van der Waals surface area contributed by atoms with Gasteiger partial charge in [0.2, 0.25) is 17.6 Å². The Labute approximate surface area is 104 Å². The van der Waals surface area contributed by atoms with Crippen molar-refractivity contribution in [3.05, 3.63) is 56.5 Å². The molecule has 1 aromatic heterocycles. The molecule has 2 aromatic rings. The average Bonchev–Trinajstić information content (AvgIpc) is 2.36. The number of nitrogens with zero attached hydrogens (tertiary/aromatic N) is 1. The van der Waals surface area contributed by atoms with Crippen LogP contribution in [0.25, 0.3) is 5.69 Å². The van der Waals surface area contributed by atoms with Gasteiger partial charge in [-0.3, -0.25) is 14.6 Å². The van der Waals surface area contributed by atoms with Crippen molar-refractivity contribution in [2.75, 3.05) is 0 Å². The number of carbonyl (C=O) groups is 1. The second-order valence-electron chi connectivity index (χ2n) is 3.65. The number of carbonyl (C=O) groups excluding carboxylic acids is 1. The SMILES string of the molecule is NC(=O)c1cccc(-n2c(O)c(F)c(=O)[nH]c2=O)c1. The molecule has 0 saturated heterocycles. The Hall–Kier alpha value is -2.90. The molecule has 98 valence electrons. The lowest BCUT2D eigenvalue weighted by atomic mass is 10.2. The number of nitrogens with one attached hydrogen (secondary N) is 1. The highest BCUT2D eigenvalue weighted by Crippen LogP contribution is 2.15. The Morgan fingerprint density at radius 2 is 2.05 bits per heavy atom. The first-order valence-corrected chi connectivity index (χ1v) is 5.06. The molecule has 8 heteroatoms. The van der Waals surface area contributed by atoms with Crippen molar-refractivity contribution in [2.45, 2.75) is 0 Å². The van der Waals surface area contributed by atoms with Crippen LogP contribution in [0.1, 0.15) is 10.4 Å². The normalized spacial score (nSPS) is 10.4. The van der Waals surface area contributed by atoms with Crippen molar-refractivity contribution in [2.24, 2.45) is 5.73 Å². The van der Waals surface area contributed by atoms with E-state index in [0.717, 1.165) is 0 Å². The average molecular weight is 265 g/mol. The van der Waals surface area contributed by atoms with Crippen LogP contribution in [0, 0.1) is 5.82 Å². The predicted molar refractivity (Wildman–Crippen MR) is 62.8 cm³/mol. The smallest absolute Gasteiger partial charge is 0.335 e. The molecule has 1 heterocycles. The summed E-state index contributed by atoms with van der Waals surface area (Å²) >= 11 is 0. The Balaban J connectivity index is 2.76. The molecule has 7 nitrogen and oxygen atoms in total. The zero-order chi connectivity index (χ0) is 14.2. The Morgan fingerprint density at radius 1 is 1.37 bits per heavy atom. The molecule has 0 spiro atoms. The van der Waals surface area contributed by atoms with Crippen LogP contribution in [-0.4, -0.2) is 20.6 Å². The number of benzene rings is 1. The summed E-state index contributed by atoms with van der Waals surface area (Å²) in [5.74, 6) is -3.39. The third-order valence-corrected chi connectivity index (χ3v) is 2.42. The number of aromatic hydroxyl groups is 1. The van der Waals surface area contributed by atoms with E-state index < -0.39 is 28.9 Å². The van der Waals surface area contributed by atoms with Crippen LogP contribution in [0.2, 0.25) is 0 Å². The zero-order valence-electron chi connectivity index (χ0n) is 9.38. The van der Waals surface area contributed by atoms with Crippen LogP contribution in [0.15, 0.2) is 33.9 Å². The minimum absolute atomic E-state index is 0.00560. The van der Waals surface area contributed by atoms with Crippen molar-refractivity contribution in [3.8, 4) is 11.6 Å². The van der Waals surface area contributed by atoms with Gasteiger partial charge in [-0.1, -0.05) is 6.07 Å². The predicted octanol–water partition coefficient (Wildman–Crippen LogP) is -0.531. The van der Waals surface area contributed by atoms with E-state index in [0.29, 0.717) is 4.57 Å². The van der Waals surface area contributed by atoms with Gasteiger partial charge in [-0.2, -0.15) is 4.39 Å². The third kappa shape index (κ3) is 2.10. The lowest BCUT2D eigenvalue weighted by molar-refractivity contribution is 0.1000. The maximum Gasteiger partial charge on any atom is 0.335 e. The summed E-state index contributed by atoms with van der Waals surface area (Å²) in [5, 5.41) is 9.49. The topological polar surface area (TPSA) is 118 Å². The van der Waals surface area contributed by atoms with Gasteiger partial charge in [0.15, 0.2) is 0 Å². The number of H-pyrrole nitrogens is 1. The number of halogens is 1. The molecule has 0 saturated carbocycles. The van der Waals surface area contributed by atoms with Crippen LogP contribution in [0.5, 0.6) is 5.88 Å². The molecule has 19 heavy (non-hydrogen) atoms. The number of amides is 1. The first-order chi connectivity index (χ1) is 8.91. The maximum absolute atomic E-state index is 13.3. The molecule has 0 aliphatic heterocycles. The third-order valence-electron chi connectivity index (χ3n) is 2.42. The summed E-state index contributed by atoms with van der Waals surface area (Å²) in [6.45, 7) is 0. The second kappa shape index (κ2) is 4.41. The summed E-state index contributed by atoms with van der Waals surface area (Å²) in [7, 11) is 0. The molecule has 0 radical (unpaired) electrons. The van der Waals surface area contributed by atoms with Crippen molar-refractivity contribution < 1.29 is 14.3 Å². The highest BCUT2D eigenvalue weighted by molar-refractivity contribution is 5.93. The zero-order valence-corrected chi connectivity index (χ0v) is 9.38. The Kier molecular flexibility index (Phi) is 2.91. The van der Waals surface area contributed by atoms with E-state index in [1.807, 2.05) is 0 Å². The van der Waals surface area contributed by atoms with Gasteiger partial charge in [-0.25, -0.2) is 9.36 Å². The van der Waals surface area contributed by atoms with Gasteiger partial charge in [0.1, 0.15) is 0 Å². The Bertz CT molecular complexity index is 778. The van der Waals surface area contributed by atoms with Gasteiger partial charge < -0.3 is 10.8 Å². The van der Waals surface area contributed by atoms with Crippen molar-refractivity contribution in [3.63, 3.8) is 0 Å². The van der Waals surface area contributed by atoms with Crippen LogP contribution in [-0.2, 0) is 0 Å². The number of hydrogen-bond acceptors (Lipinski definition) is 4. The van der Waals surface area contributed by atoms with Crippen molar-refractivity contribution in [1.29, 1.82) is 0 Å². The van der Waals surface area contributed by atoms with Crippen LogP contribution in [0.3, 0.4) is 0 Å². The number of primary amides is 1. The fourth-order valence-corrected chi connectivity index (χ4v) is 1.54. The molecular formula is C11H8FN3O4. The summed E-state index contributed by atoms with van der Waals surface area (Å²) < 4.78 is 13.8. The highest BCUT2D eigenvalue weighted by Gasteiger charge is 2.15. The summed E-state index contributed by atoms with van der Waals surface area (Å²) in [4.78, 5) is 35.2. The molecule has 0 aliphatic carbocycles. The quantitative estimate of drug-likeness (QED) is 0.676. The lowest BCUT2D eigenvalue weighted by Gasteiger charge is -2.08. The van der Waals surface area contributed by atoms with Crippen LogP contribution >= 0.6 is 0 Å². The van der Waals surface area contributed by atoms with E-state index in [4.69, 9.17) is 5.73 Å². The van der Waals surface area contributed by atoms with Crippen LogP contribution < -0.4 is 17.0 Å². The molecule has 4 N–H and O–H groups in total. The maximum atomic E-state index is 13.3. The molecule has 2 rings (SSSR count). The van der Waals surface area contributed by atoms with E-state index in [1.54, 1.807) is 4.98 Å². The summed E-state index contributed by atoms with van der Waals surface area (Å²) in [6.07, 6.45) is 0. The van der Waals surface area contributed by atoms with Gasteiger partial charge in [-0.05, 0) is 18.2 Å². The molecule has 0 atom stereocenters. The van der Waals surface area contributed by atoms with Gasteiger partial charge in [0.25, 0.3) is 5.56 Å². The van der Waals surface area contributed by atoms with E-state index in [-0.39, 0.29) is 11.3 Å². The van der Waals surface area contributed by atoms with Crippen LogP contribution in [0.4, 0.5) is 4.39 Å². The number of aromatic nitrogens is 2. The van der Waals surface area contributed by atoms with E-state index >= 15 is 0 Å². The number of hydrogen-bond donors (Lipinski definition) is 3. The molecule has 1 amide bonds. The molecule has 0 aliphatic rings. The highest BCUT2D eigenvalue weighted by atomic mass is 19.1. The fourth-order valence-electron chi connectivity index (χ4n) is 1.54. The van der Waals surface area contributed by atoms with Gasteiger partial charge in [0.05, 0.1) is 5.69 Å². The van der Waals surface area contributed by atoms with Crippen molar-refractivity contribution in [1.82, 2.24) is 9.55 Å². The number of nitrogens with two attached hydrogens (primary N) is 1. The van der Waals surface area contributed by atoms with Gasteiger partial charge >= 0.3 is 5.69 Å². The standard InChI is InChI=1S/C11H8FN3O4/c12-7-9(17)14-11(19)15(10(7)18)6-3-1-2-5(4-6)8(13)16/h1-4,18H,(H2,13,16)(H,14,17,19). The lowest BCUT2D eigenvalue weighted by Crippen LogP contribution is -2.31. The summed E-state index contributed by atoms with van der Waals surface area (Å²) in [6, 6.07) is 5.30. The Morgan fingerprint density at radius 3 is 2.68 bits per heavy atom. The summed E-state index contributed by atoms with van der Waals surface area (Å²) in [5.41, 5.74) is 2.76. The van der Waals surface area contributed by atoms with Gasteiger partial charge in [-0.15, -0.1) is 0 Å². The molecule has 0 bridgehead atoms. The van der Waals surface area contributed by atoms with E-state index in [2.05, 4.69) is 0 Å². The second-order valence-corrected chi connectivity index (χ2v) is 3.65. The largest absolute Gasteiger partial charge is 0.492 e. The molecular weight excluding hydrogens is 257 g/mol. The number of rotatable bonds is 2. The number of aromatic amines is 1.